The van der Waals surface area contributed by atoms with E-state index >= 15 is 0 Å². The van der Waals surface area contributed by atoms with E-state index in [9.17, 15) is 13.2 Å². The summed E-state index contributed by atoms with van der Waals surface area (Å²) >= 11 is 0. The number of hydrogen-bond acceptors (Lipinski definition) is 5. The molecule has 128 valence electrons. The Morgan fingerprint density at radius 3 is 2.25 bits per heavy atom. The first kappa shape index (κ1) is 18.0. The number of carbonyl (C=O) groups is 1. The van der Waals surface area contributed by atoms with Gasteiger partial charge in [0, 0.05) is 25.4 Å². The SMILES string of the molecule is CS(=O)(=O)N(CCC(=O)NCc1ccccn1)Cc1ccccn1. The lowest BCUT2D eigenvalue weighted by atomic mass is 10.3. The third-order valence-electron chi connectivity index (χ3n) is 3.31. The standard InChI is InChI=1S/C16H20N4O3S/c1-24(22,23)20(13-15-7-3-5-10-18-15)11-8-16(21)19-12-14-6-2-4-9-17-14/h2-7,9-10H,8,11-13H2,1H3,(H,19,21). The summed E-state index contributed by atoms with van der Waals surface area (Å²) in [4.78, 5) is 20.2. The van der Waals surface area contributed by atoms with Crippen molar-refractivity contribution in [3.8, 4) is 0 Å². The largest absolute Gasteiger partial charge is 0.350 e. The van der Waals surface area contributed by atoms with E-state index in [1.54, 1.807) is 36.7 Å². The van der Waals surface area contributed by atoms with Gasteiger partial charge in [-0.25, -0.2) is 8.42 Å². The van der Waals surface area contributed by atoms with E-state index in [1.807, 2.05) is 12.1 Å². The Morgan fingerprint density at radius 1 is 1.08 bits per heavy atom. The fourth-order valence-electron chi connectivity index (χ4n) is 2.04. The number of pyridine rings is 2. The molecule has 0 aromatic carbocycles. The third kappa shape index (κ3) is 6.05. The van der Waals surface area contributed by atoms with Gasteiger partial charge in [0.1, 0.15) is 0 Å². The minimum atomic E-state index is -3.42. The molecule has 1 amide bonds. The number of nitrogens with zero attached hydrogens (tertiary/aromatic N) is 3. The van der Waals surface area contributed by atoms with Crippen molar-refractivity contribution in [1.29, 1.82) is 0 Å². The van der Waals surface area contributed by atoms with E-state index in [4.69, 9.17) is 0 Å². The van der Waals surface area contributed by atoms with Gasteiger partial charge in [0.15, 0.2) is 0 Å². The van der Waals surface area contributed by atoms with Crippen LogP contribution < -0.4 is 5.32 Å². The molecule has 0 bridgehead atoms. The number of sulfonamides is 1. The van der Waals surface area contributed by atoms with Crippen molar-refractivity contribution in [3.63, 3.8) is 0 Å². The second kappa shape index (κ2) is 8.51. The predicted octanol–water partition coefficient (Wildman–Crippen LogP) is 0.945. The minimum absolute atomic E-state index is 0.0761. The molecule has 2 aromatic rings. The molecule has 0 saturated heterocycles. The second-order valence-electron chi connectivity index (χ2n) is 5.27. The van der Waals surface area contributed by atoms with Gasteiger partial charge in [-0.15, -0.1) is 0 Å². The number of rotatable bonds is 8. The highest BCUT2D eigenvalue weighted by atomic mass is 32.2. The Kier molecular flexibility index (Phi) is 6.39. The van der Waals surface area contributed by atoms with Crippen LogP contribution in [0, 0.1) is 0 Å². The molecule has 0 fully saturated rings. The fourth-order valence-corrected chi connectivity index (χ4v) is 2.83. The Bertz CT molecular complexity index is 751. The van der Waals surface area contributed by atoms with Crippen LogP contribution in [0.15, 0.2) is 48.8 Å². The predicted molar refractivity (Wildman–Crippen MR) is 90.2 cm³/mol. The van der Waals surface area contributed by atoms with Crippen molar-refractivity contribution < 1.29 is 13.2 Å². The van der Waals surface area contributed by atoms with E-state index in [2.05, 4.69) is 15.3 Å². The first-order valence-corrected chi connectivity index (χ1v) is 9.31. The van der Waals surface area contributed by atoms with E-state index in [0.29, 0.717) is 12.2 Å². The number of nitrogens with one attached hydrogen (secondary N) is 1. The Morgan fingerprint density at radius 2 is 1.71 bits per heavy atom. The molecule has 0 radical (unpaired) electrons. The molecule has 8 heteroatoms. The lowest BCUT2D eigenvalue weighted by Crippen LogP contribution is -2.34. The second-order valence-corrected chi connectivity index (χ2v) is 7.25. The molecule has 0 unspecified atom stereocenters. The quantitative estimate of drug-likeness (QED) is 0.767. The highest BCUT2D eigenvalue weighted by Crippen LogP contribution is 2.07. The topological polar surface area (TPSA) is 92.3 Å². The molecular weight excluding hydrogens is 328 g/mol. The Labute approximate surface area is 141 Å². The molecular formula is C16H20N4O3S. The van der Waals surface area contributed by atoms with Crippen LogP contribution in [-0.4, -0.2) is 41.4 Å². The number of hydrogen-bond donors (Lipinski definition) is 1. The Hall–Kier alpha value is -2.32. The zero-order valence-corrected chi connectivity index (χ0v) is 14.2. The minimum Gasteiger partial charge on any atom is -0.350 e. The lowest BCUT2D eigenvalue weighted by Gasteiger charge is -2.19. The molecule has 7 nitrogen and oxygen atoms in total. The molecule has 2 rings (SSSR count). The maximum absolute atomic E-state index is 11.9. The average Bonchev–Trinajstić information content (AvgIpc) is 2.57. The molecule has 2 aromatic heterocycles. The highest BCUT2D eigenvalue weighted by molar-refractivity contribution is 7.88. The number of aromatic nitrogens is 2. The molecule has 0 aliphatic rings. The third-order valence-corrected chi connectivity index (χ3v) is 4.56. The smallest absolute Gasteiger partial charge is 0.221 e. The van der Waals surface area contributed by atoms with Crippen molar-refractivity contribution in [2.75, 3.05) is 12.8 Å². The van der Waals surface area contributed by atoms with Crippen LogP contribution in [0.4, 0.5) is 0 Å². The summed E-state index contributed by atoms with van der Waals surface area (Å²) < 4.78 is 25.0. The molecule has 24 heavy (non-hydrogen) atoms. The van der Waals surface area contributed by atoms with Gasteiger partial charge in [-0.3, -0.25) is 14.8 Å². The first-order chi connectivity index (χ1) is 11.4. The number of carbonyl (C=O) groups excluding carboxylic acids is 1. The van der Waals surface area contributed by atoms with Crippen LogP contribution >= 0.6 is 0 Å². The van der Waals surface area contributed by atoms with Gasteiger partial charge in [-0.1, -0.05) is 12.1 Å². The van der Waals surface area contributed by atoms with Crippen molar-refractivity contribution in [2.24, 2.45) is 0 Å². The summed E-state index contributed by atoms with van der Waals surface area (Å²) in [7, 11) is -3.42. The molecule has 0 aliphatic heterocycles. The normalized spacial score (nSPS) is 11.4. The van der Waals surface area contributed by atoms with Gasteiger partial charge in [-0.05, 0) is 24.3 Å². The molecule has 0 aliphatic carbocycles. The van der Waals surface area contributed by atoms with Gasteiger partial charge < -0.3 is 5.32 Å². The number of amides is 1. The molecule has 0 atom stereocenters. The van der Waals surface area contributed by atoms with Crippen molar-refractivity contribution in [1.82, 2.24) is 19.6 Å². The maximum atomic E-state index is 11.9. The van der Waals surface area contributed by atoms with E-state index in [-0.39, 0.29) is 25.4 Å². The summed E-state index contributed by atoms with van der Waals surface area (Å²) in [5.74, 6) is -0.227. The van der Waals surface area contributed by atoms with E-state index in [0.717, 1.165) is 11.9 Å². The molecule has 2 heterocycles. The van der Waals surface area contributed by atoms with Crippen molar-refractivity contribution >= 4 is 15.9 Å². The van der Waals surface area contributed by atoms with Crippen LogP contribution in [0.3, 0.4) is 0 Å². The fraction of sp³-hybridized carbons (Fsp3) is 0.312. The summed E-state index contributed by atoms with van der Waals surface area (Å²) in [6, 6.07) is 10.8. The monoisotopic (exact) mass is 348 g/mol. The zero-order valence-electron chi connectivity index (χ0n) is 13.4. The van der Waals surface area contributed by atoms with Crippen molar-refractivity contribution in [2.45, 2.75) is 19.5 Å². The highest BCUT2D eigenvalue weighted by Gasteiger charge is 2.18. The van der Waals surface area contributed by atoms with E-state index in [1.165, 1.54) is 4.31 Å². The van der Waals surface area contributed by atoms with Gasteiger partial charge >= 0.3 is 0 Å². The Balaban J connectivity index is 1.87. The molecule has 1 N–H and O–H groups in total. The van der Waals surface area contributed by atoms with Gasteiger partial charge in [0.25, 0.3) is 0 Å². The summed E-state index contributed by atoms with van der Waals surface area (Å²) in [5.41, 5.74) is 1.39. The van der Waals surface area contributed by atoms with Crippen LogP contribution in [-0.2, 0) is 27.9 Å². The van der Waals surface area contributed by atoms with Crippen molar-refractivity contribution in [3.05, 3.63) is 60.2 Å². The van der Waals surface area contributed by atoms with Crippen LogP contribution in [0.25, 0.3) is 0 Å². The zero-order chi connectivity index (χ0) is 17.4. The van der Waals surface area contributed by atoms with Crippen LogP contribution in [0.1, 0.15) is 17.8 Å². The summed E-state index contributed by atoms with van der Waals surface area (Å²) in [6.07, 6.45) is 4.46. The average molecular weight is 348 g/mol. The van der Waals surface area contributed by atoms with E-state index < -0.39 is 10.0 Å². The van der Waals surface area contributed by atoms with Gasteiger partial charge in [0.2, 0.25) is 15.9 Å². The lowest BCUT2D eigenvalue weighted by molar-refractivity contribution is -0.121. The molecule has 0 saturated carbocycles. The van der Waals surface area contributed by atoms with Gasteiger partial charge in [0.05, 0.1) is 30.7 Å². The first-order valence-electron chi connectivity index (χ1n) is 7.47. The van der Waals surface area contributed by atoms with Crippen LogP contribution in [0.2, 0.25) is 0 Å². The maximum Gasteiger partial charge on any atom is 0.221 e. The summed E-state index contributed by atoms with van der Waals surface area (Å²) in [6.45, 7) is 0.565. The summed E-state index contributed by atoms with van der Waals surface area (Å²) in [5, 5.41) is 2.73. The van der Waals surface area contributed by atoms with Gasteiger partial charge in [-0.2, -0.15) is 4.31 Å². The van der Waals surface area contributed by atoms with Crippen LogP contribution in [0.5, 0.6) is 0 Å². The molecule has 0 spiro atoms.